The number of rotatable bonds is 8. The maximum absolute atomic E-state index is 13.4. The molecule has 0 bridgehead atoms. The molecule has 1 aromatic carbocycles. The van der Waals surface area contributed by atoms with Crippen molar-refractivity contribution in [1.29, 1.82) is 0 Å². The molecule has 13 heteroatoms. The minimum Gasteiger partial charge on any atom is -0.454 e. The van der Waals surface area contributed by atoms with Gasteiger partial charge in [-0.3, -0.25) is 24.6 Å². The van der Waals surface area contributed by atoms with E-state index in [4.69, 9.17) is 9.47 Å². The molecule has 0 aromatic heterocycles. The zero-order chi connectivity index (χ0) is 26.5. The van der Waals surface area contributed by atoms with Gasteiger partial charge >= 0.3 is 6.03 Å². The van der Waals surface area contributed by atoms with Crippen molar-refractivity contribution < 1.29 is 38.2 Å². The van der Waals surface area contributed by atoms with Crippen LogP contribution in [0.3, 0.4) is 0 Å². The molecule has 2 unspecified atom stereocenters. The Morgan fingerprint density at radius 2 is 1.95 bits per heavy atom. The number of hydrazine groups is 2. The topological polar surface area (TPSA) is 155 Å². The molecule has 0 radical (unpaired) electrons. The number of nitrogens with one attached hydrogen (secondary N) is 2. The first-order valence-corrected chi connectivity index (χ1v) is 11.8. The molecule has 2 saturated heterocycles. The summed E-state index contributed by atoms with van der Waals surface area (Å²) in [6.07, 6.45) is 3.65. The number of ketones is 1. The summed E-state index contributed by atoms with van der Waals surface area (Å²) in [4.78, 5) is 74.4. The quantitative estimate of drug-likeness (QED) is 0.368. The summed E-state index contributed by atoms with van der Waals surface area (Å²) in [5.41, 5.74) is 3.14. The second-order valence-electron chi connectivity index (χ2n) is 8.78. The minimum absolute atomic E-state index is 0.0654. The van der Waals surface area contributed by atoms with Crippen LogP contribution in [0.5, 0.6) is 11.5 Å². The Morgan fingerprint density at radius 3 is 2.70 bits per heavy atom. The van der Waals surface area contributed by atoms with Crippen molar-refractivity contribution in [1.82, 2.24) is 25.8 Å². The largest absolute Gasteiger partial charge is 0.454 e. The van der Waals surface area contributed by atoms with Gasteiger partial charge in [-0.1, -0.05) is 6.07 Å². The van der Waals surface area contributed by atoms with Gasteiger partial charge in [0.1, 0.15) is 18.1 Å². The standard InChI is InChI=1S/C24H27N5O8/c1-15(31)11-17(13-30)25-23(34)18-3-2-9-28-22(33)8-10-27(24(35)29(18)28)26-21(32)7-5-16-4-6-19-20(12-16)37-14-36-19/h4-7,12-13,17-18H,2-3,8-11,14H2,1H3,(H,25,34)(H,26,32)/b7-5+. The fraction of sp³-hybridized carbons (Fsp3) is 0.417. The van der Waals surface area contributed by atoms with Gasteiger partial charge in [0.15, 0.2) is 11.5 Å². The number of carbonyl (C=O) groups is 6. The Kier molecular flexibility index (Phi) is 7.70. The lowest BCUT2D eigenvalue weighted by atomic mass is 10.1. The fourth-order valence-corrected chi connectivity index (χ4v) is 4.30. The first-order chi connectivity index (χ1) is 17.8. The molecule has 4 rings (SSSR count). The maximum Gasteiger partial charge on any atom is 0.358 e. The summed E-state index contributed by atoms with van der Waals surface area (Å²) in [5.74, 6) is -0.793. The van der Waals surface area contributed by atoms with E-state index in [0.29, 0.717) is 29.8 Å². The van der Waals surface area contributed by atoms with E-state index in [0.717, 1.165) is 10.0 Å². The molecular weight excluding hydrogens is 486 g/mol. The van der Waals surface area contributed by atoms with Gasteiger partial charge in [0, 0.05) is 25.5 Å². The molecule has 1 aromatic rings. The Bertz CT molecular complexity index is 1150. The number of carbonyl (C=O) groups excluding carboxylic acids is 6. The third-order valence-electron chi connectivity index (χ3n) is 6.04. The van der Waals surface area contributed by atoms with Gasteiger partial charge in [0.25, 0.3) is 5.91 Å². The highest BCUT2D eigenvalue weighted by Crippen LogP contribution is 2.32. The van der Waals surface area contributed by atoms with E-state index in [1.54, 1.807) is 18.2 Å². The van der Waals surface area contributed by atoms with Crippen LogP contribution < -0.4 is 20.2 Å². The molecule has 13 nitrogen and oxygen atoms in total. The average Bonchev–Trinajstić information content (AvgIpc) is 3.31. The van der Waals surface area contributed by atoms with Gasteiger partial charge in [-0.25, -0.2) is 19.8 Å². The Labute approximate surface area is 212 Å². The third-order valence-corrected chi connectivity index (χ3v) is 6.04. The van der Waals surface area contributed by atoms with Crippen molar-refractivity contribution in [2.45, 2.75) is 44.7 Å². The maximum atomic E-state index is 13.4. The predicted molar refractivity (Wildman–Crippen MR) is 126 cm³/mol. The zero-order valence-corrected chi connectivity index (χ0v) is 20.2. The van der Waals surface area contributed by atoms with Gasteiger partial charge in [0.2, 0.25) is 18.6 Å². The number of Topliss-reactive ketones (excluding diaryl/α,β-unsaturated/α-hetero) is 1. The second-order valence-corrected chi connectivity index (χ2v) is 8.78. The van der Waals surface area contributed by atoms with Crippen LogP contribution in [0, 0.1) is 0 Å². The van der Waals surface area contributed by atoms with Crippen LogP contribution in [-0.2, 0) is 24.0 Å². The molecule has 2 fully saturated rings. The highest BCUT2D eigenvalue weighted by Gasteiger charge is 2.44. The number of hydrogen-bond donors (Lipinski definition) is 2. The van der Waals surface area contributed by atoms with Gasteiger partial charge in [0.05, 0.1) is 12.6 Å². The highest BCUT2D eigenvalue weighted by molar-refractivity contribution is 5.95. The molecule has 3 aliphatic rings. The van der Waals surface area contributed by atoms with Crippen LogP contribution >= 0.6 is 0 Å². The second kappa shape index (κ2) is 11.1. The monoisotopic (exact) mass is 513 g/mol. The Balaban J connectivity index is 1.46. The number of hydrogen-bond acceptors (Lipinski definition) is 8. The lowest BCUT2D eigenvalue weighted by molar-refractivity contribution is -0.155. The van der Waals surface area contributed by atoms with Gasteiger partial charge in [-0.2, -0.15) is 0 Å². The number of aldehydes is 1. The van der Waals surface area contributed by atoms with E-state index in [-0.39, 0.29) is 50.8 Å². The summed E-state index contributed by atoms with van der Waals surface area (Å²) in [6.45, 7) is 1.55. The number of benzene rings is 1. The first kappa shape index (κ1) is 25.7. The van der Waals surface area contributed by atoms with E-state index in [1.807, 2.05) is 0 Å². The summed E-state index contributed by atoms with van der Waals surface area (Å²) in [6, 6.07) is 2.25. The lowest BCUT2D eigenvalue weighted by Gasteiger charge is -2.42. The summed E-state index contributed by atoms with van der Waals surface area (Å²) >= 11 is 0. The fourth-order valence-electron chi connectivity index (χ4n) is 4.30. The van der Waals surface area contributed by atoms with E-state index in [1.165, 1.54) is 24.1 Å². The van der Waals surface area contributed by atoms with Crippen molar-refractivity contribution >= 4 is 41.9 Å². The van der Waals surface area contributed by atoms with Crippen LogP contribution in [0.1, 0.15) is 38.2 Å². The van der Waals surface area contributed by atoms with Crippen molar-refractivity contribution in [3.8, 4) is 11.5 Å². The molecule has 0 aliphatic carbocycles. The number of ether oxygens (including phenoxy) is 2. The summed E-state index contributed by atoms with van der Waals surface area (Å²) in [5, 5.41) is 5.68. The molecule has 37 heavy (non-hydrogen) atoms. The van der Waals surface area contributed by atoms with Crippen LogP contribution in [0.4, 0.5) is 4.79 Å². The molecule has 2 atom stereocenters. The molecule has 5 amide bonds. The van der Waals surface area contributed by atoms with Crippen molar-refractivity contribution in [3.63, 3.8) is 0 Å². The van der Waals surface area contributed by atoms with Gasteiger partial charge < -0.3 is 19.6 Å². The molecule has 0 spiro atoms. The van der Waals surface area contributed by atoms with E-state index < -0.39 is 29.9 Å². The number of urea groups is 1. The van der Waals surface area contributed by atoms with Crippen LogP contribution in [0.25, 0.3) is 6.08 Å². The van der Waals surface area contributed by atoms with Gasteiger partial charge in [-0.15, -0.1) is 0 Å². The normalized spacial score (nSPS) is 19.8. The van der Waals surface area contributed by atoms with Crippen LogP contribution in [0.15, 0.2) is 24.3 Å². The average molecular weight is 514 g/mol. The lowest BCUT2D eigenvalue weighted by Crippen LogP contribution is -2.64. The van der Waals surface area contributed by atoms with Crippen molar-refractivity contribution in [3.05, 3.63) is 29.8 Å². The molecule has 0 saturated carbocycles. The smallest absolute Gasteiger partial charge is 0.358 e. The van der Waals surface area contributed by atoms with Crippen molar-refractivity contribution in [2.24, 2.45) is 0 Å². The molecule has 196 valence electrons. The highest BCUT2D eigenvalue weighted by atomic mass is 16.7. The van der Waals surface area contributed by atoms with E-state index in [2.05, 4.69) is 10.7 Å². The van der Waals surface area contributed by atoms with E-state index >= 15 is 0 Å². The predicted octanol–water partition coefficient (Wildman–Crippen LogP) is 0.156. The number of nitrogens with zero attached hydrogens (tertiary/aromatic N) is 3. The van der Waals surface area contributed by atoms with Crippen LogP contribution in [0.2, 0.25) is 0 Å². The Hall–Kier alpha value is -4.42. The first-order valence-electron chi connectivity index (χ1n) is 11.8. The SMILES string of the molecule is CC(=O)CC(C=O)NC(=O)C1CCCN2C(=O)CCN(NC(=O)/C=C/c3ccc4c(c3)OCO4)C(=O)N12. The summed E-state index contributed by atoms with van der Waals surface area (Å²) in [7, 11) is 0. The molecule has 3 heterocycles. The minimum atomic E-state index is -1.10. The van der Waals surface area contributed by atoms with Crippen molar-refractivity contribution in [2.75, 3.05) is 19.9 Å². The number of fused-ring (bicyclic) bond motifs is 2. The van der Waals surface area contributed by atoms with Gasteiger partial charge in [-0.05, 0) is 43.5 Å². The summed E-state index contributed by atoms with van der Waals surface area (Å²) < 4.78 is 10.6. The zero-order valence-electron chi connectivity index (χ0n) is 20.2. The Morgan fingerprint density at radius 1 is 1.16 bits per heavy atom. The van der Waals surface area contributed by atoms with Crippen LogP contribution in [-0.4, -0.2) is 82.8 Å². The molecule has 3 aliphatic heterocycles. The third kappa shape index (κ3) is 5.88. The molecular formula is C24H27N5O8. The number of amides is 5. The van der Waals surface area contributed by atoms with E-state index in [9.17, 15) is 28.8 Å². The molecule has 2 N–H and O–H groups in total.